The van der Waals surface area contributed by atoms with Crippen LogP contribution >= 0.6 is 0 Å². The van der Waals surface area contributed by atoms with Crippen molar-refractivity contribution >= 4 is 17.3 Å². The molecule has 8 heteroatoms. The fourth-order valence-electron chi connectivity index (χ4n) is 3.35. The molecule has 1 aromatic rings. The van der Waals surface area contributed by atoms with Crippen LogP contribution in [-0.2, 0) is 14.3 Å². The Balaban J connectivity index is 1.65. The van der Waals surface area contributed by atoms with Crippen molar-refractivity contribution in [3.63, 3.8) is 0 Å². The van der Waals surface area contributed by atoms with Crippen molar-refractivity contribution in [3.05, 3.63) is 33.9 Å². The molecule has 0 saturated carbocycles. The molecule has 2 aliphatic heterocycles. The van der Waals surface area contributed by atoms with Crippen molar-refractivity contribution in [2.24, 2.45) is 0 Å². The molecule has 3 rings (SSSR count). The zero-order valence-electron chi connectivity index (χ0n) is 14.3. The van der Waals surface area contributed by atoms with Crippen LogP contribution in [-0.4, -0.2) is 54.4 Å². The number of rotatable bonds is 5. The first kappa shape index (κ1) is 17.8. The monoisotopic (exact) mass is 349 g/mol. The number of aryl methyl sites for hydroxylation is 1. The third-order valence-corrected chi connectivity index (χ3v) is 4.68. The molecule has 1 aromatic carbocycles. The highest BCUT2D eigenvalue weighted by molar-refractivity contribution is 5.93. The molecule has 136 valence electrons. The molecular weight excluding hydrogens is 326 g/mol. The summed E-state index contributed by atoms with van der Waals surface area (Å²) in [5.41, 5.74) is 1.22. The van der Waals surface area contributed by atoms with Crippen molar-refractivity contribution in [1.82, 2.24) is 4.90 Å². The van der Waals surface area contributed by atoms with E-state index in [2.05, 4.69) is 10.2 Å². The smallest absolute Gasteiger partial charge is 0.271 e. The molecule has 0 radical (unpaired) electrons. The molecule has 2 heterocycles. The third-order valence-electron chi connectivity index (χ3n) is 4.68. The van der Waals surface area contributed by atoms with Gasteiger partial charge in [-0.15, -0.1) is 0 Å². The molecule has 2 fully saturated rings. The lowest BCUT2D eigenvalue weighted by atomic mass is 10.0. The van der Waals surface area contributed by atoms with E-state index in [1.54, 1.807) is 6.07 Å². The summed E-state index contributed by atoms with van der Waals surface area (Å²) in [6.45, 7) is 4.02. The van der Waals surface area contributed by atoms with Crippen LogP contribution in [0.1, 0.15) is 24.8 Å². The van der Waals surface area contributed by atoms with Crippen LogP contribution in [0.4, 0.5) is 11.4 Å². The standard InChI is InChI=1S/C17H23N3O5/c1-12-5-6-13(20(22)23)10-14(12)18-16(21)11-19-7-3-2-4-15(19)17-24-8-9-25-17/h5-6,10,15,17H,2-4,7-9,11H2,1H3,(H,18,21). The molecule has 0 bridgehead atoms. The lowest BCUT2D eigenvalue weighted by Crippen LogP contribution is -2.50. The number of likely N-dealkylation sites (tertiary alicyclic amines) is 1. The second-order valence-electron chi connectivity index (χ2n) is 6.45. The van der Waals surface area contributed by atoms with Gasteiger partial charge in [-0.3, -0.25) is 19.8 Å². The molecule has 1 unspecified atom stereocenters. The summed E-state index contributed by atoms with van der Waals surface area (Å²) in [6.07, 6.45) is 2.79. The van der Waals surface area contributed by atoms with E-state index in [4.69, 9.17) is 9.47 Å². The maximum atomic E-state index is 12.5. The molecule has 25 heavy (non-hydrogen) atoms. The SMILES string of the molecule is Cc1ccc([N+](=O)[O-])cc1NC(=O)CN1CCCCC1C1OCCO1. The highest BCUT2D eigenvalue weighted by Crippen LogP contribution is 2.25. The largest absolute Gasteiger partial charge is 0.349 e. The molecule has 1 atom stereocenters. The van der Waals surface area contributed by atoms with Gasteiger partial charge in [-0.25, -0.2) is 0 Å². The summed E-state index contributed by atoms with van der Waals surface area (Å²) in [5.74, 6) is -0.187. The maximum absolute atomic E-state index is 12.5. The quantitative estimate of drug-likeness (QED) is 0.646. The number of amides is 1. The fraction of sp³-hybridized carbons (Fsp3) is 0.588. The first-order chi connectivity index (χ1) is 12.0. The predicted molar refractivity (Wildman–Crippen MR) is 91.4 cm³/mol. The topological polar surface area (TPSA) is 93.9 Å². The van der Waals surface area contributed by atoms with Gasteiger partial charge in [0.1, 0.15) is 0 Å². The number of anilines is 1. The Labute approximate surface area is 146 Å². The first-order valence-corrected chi connectivity index (χ1v) is 8.57. The van der Waals surface area contributed by atoms with E-state index >= 15 is 0 Å². The van der Waals surface area contributed by atoms with Crippen LogP contribution in [0.15, 0.2) is 18.2 Å². The van der Waals surface area contributed by atoms with E-state index in [9.17, 15) is 14.9 Å². The van der Waals surface area contributed by atoms with Crippen LogP contribution in [0, 0.1) is 17.0 Å². The van der Waals surface area contributed by atoms with Crippen LogP contribution in [0.5, 0.6) is 0 Å². The second-order valence-corrected chi connectivity index (χ2v) is 6.45. The fourth-order valence-corrected chi connectivity index (χ4v) is 3.35. The predicted octanol–water partition coefficient (Wildman–Crippen LogP) is 2.07. The molecule has 2 aliphatic rings. The maximum Gasteiger partial charge on any atom is 0.271 e. The van der Waals surface area contributed by atoms with Gasteiger partial charge in [-0.05, 0) is 31.9 Å². The van der Waals surface area contributed by atoms with E-state index < -0.39 is 4.92 Å². The average Bonchev–Trinajstić information content (AvgIpc) is 3.11. The van der Waals surface area contributed by atoms with Gasteiger partial charge in [0.25, 0.3) is 5.69 Å². The van der Waals surface area contributed by atoms with Gasteiger partial charge in [0.15, 0.2) is 6.29 Å². The number of carbonyl (C=O) groups is 1. The molecule has 0 aliphatic carbocycles. The van der Waals surface area contributed by atoms with Gasteiger partial charge in [-0.2, -0.15) is 0 Å². The number of nitrogens with zero attached hydrogens (tertiary/aromatic N) is 2. The minimum atomic E-state index is -0.468. The highest BCUT2D eigenvalue weighted by atomic mass is 16.7. The van der Waals surface area contributed by atoms with Gasteiger partial charge >= 0.3 is 0 Å². The van der Waals surface area contributed by atoms with Crippen molar-refractivity contribution in [2.75, 3.05) is 31.6 Å². The van der Waals surface area contributed by atoms with E-state index in [0.29, 0.717) is 18.9 Å². The van der Waals surface area contributed by atoms with Crippen molar-refractivity contribution in [3.8, 4) is 0 Å². The number of piperidine rings is 1. The number of ether oxygens (including phenoxy) is 2. The average molecular weight is 349 g/mol. The van der Waals surface area contributed by atoms with E-state index in [0.717, 1.165) is 31.4 Å². The van der Waals surface area contributed by atoms with E-state index in [-0.39, 0.29) is 30.5 Å². The van der Waals surface area contributed by atoms with Gasteiger partial charge in [-0.1, -0.05) is 12.5 Å². The Bertz CT molecular complexity index is 645. The number of hydrogen-bond acceptors (Lipinski definition) is 6. The summed E-state index contributed by atoms with van der Waals surface area (Å²) in [6, 6.07) is 4.54. The summed E-state index contributed by atoms with van der Waals surface area (Å²) < 4.78 is 11.2. The lowest BCUT2D eigenvalue weighted by Gasteiger charge is -2.37. The van der Waals surface area contributed by atoms with Crippen LogP contribution in [0.2, 0.25) is 0 Å². The summed E-state index contributed by atoms with van der Waals surface area (Å²) in [4.78, 5) is 25.0. The van der Waals surface area contributed by atoms with Gasteiger partial charge < -0.3 is 14.8 Å². The number of nitro benzene ring substituents is 1. The Morgan fingerprint density at radius 1 is 1.36 bits per heavy atom. The molecule has 0 spiro atoms. The third kappa shape index (κ3) is 4.33. The lowest BCUT2D eigenvalue weighted by molar-refractivity contribution is -0.384. The molecule has 2 saturated heterocycles. The number of non-ortho nitro benzene ring substituents is 1. The van der Waals surface area contributed by atoms with Crippen molar-refractivity contribution in [2.45, 2.75) is 38.5 Å². The van der Waals surface area contributed by atoms with E-state index in [1.165, 1.54) is 12.1 Å². The van der Waals surface area contributed by atoms with Crippen LogP contribution < -0.4 is 5.32 Å². The number of nitrogens with one attached hydrogen (secondary N) is 1. The molecule has 0 aromatic heterocycles. The van der Waals surface area contributed by atoms with Gasteiger partial charge in [0.05, 0.1) is 36.4 Å². The number of nitro groups is 1. The normalized spacial score (nSPS) is 22.0. The number of hydrogen-bond donors (Lipinski definition) is 1. The zero-order chi connectivity index (χ0) is 17.8. The zero-order valence-corrected chi connectivity index (χ0v) is 14.3. The Morgan fingerprint density at radius 2 is 2.12 bits per heavy atom. The Hall–Kier alpha value is -2.03. The van der Waals surface area contributed by atoms with Crippen molar-refractivity contribution < 1.29 is 19.2 Å². The number of benzene rings is 1. The summed E-state index contributed by atoms with van der Waals surface area (Å²) >= 11 is 0. The molecule has 1 N–H and O–H groups in total. The minimum Gasteiger partial charge on any atom is -0.349 e. The molecular formula is C17H23N3O5. The van der Waals surface area contributed by atoms with Gasteiger partial charge in [0.2, 0.25) is 5.91 Å². The minimum absolute atomic E-state index is 0.0375. The van der Waals surface area contributed by atoms with Crippen molar-refractivity contribution in [1.29, 1.82) is 0 Å². The highest BCUT2D eigenvalue weighted by Gasteiger charge is 2.34. The first-order valence-electron chi connectivity index (χ1n) is 8.57. The second kappa shape index (κ2) is 7.90. The number of carbonyl (C=O) groups excluding carboxylic acids is 1. The van der Waals surface area contributed by atoms with Gasteiger partial charge in [0, 0.05) is 12.1 Å². The van der Waals surface area contributed by atoms with Crippen LogP contribution in [0.3, 0.4) is 0 Å². The summed E-state index contributed by atoms with van der Waals surface area (Å²) in [5, 5.41) is 13.7. The van der Waals surface area contributed by atoms with E-state index in [1.807, 2.05) is 6.92 Å². The Morgan fingerprint density at radius 3 is 2.84 bits per heavy atom. The molecule has 8 nitrogen and oxygen atoms in total. The Kier molecular flexibility index (Phi) is 5.62. The molecule has 1 amide bonds. The summed E-state index contributed by atoms with van der Waals surface area (Å²) in [7, 11) is 0. The van der Waals surface area contributed by atoms with Crippen LogP contribution in [0.25, 0.3) is 0 Å².